The van der Waals surface area contributed by atoms with E-state index in [2.05, 4.69) is 20.6 Å². The van der Waals surface area contributed by atoms with Gasteiger partial charge < -0.3 is 10.4 Å². The Morgan fingerprint density at radius 1 is 1.29 bits per heavy atom. The maximum atomic E-state index is 11.5. The molecule has 0 aliphatic carbocycles. The van der Waals surface area contributed by atoms with Gasteiger partial charge in [0.25, 0.3) is 0 Å². The predicted molar refractivity (Wildman–Crippen MR) is 76.4 cm³/mol. The lowest BCUT2D eigenvalue weighted by molar-refractivity contribution is -0.117. The fourth-order valence-corrected chi connectivity index (χ4v) is 2.36. The van der Waals surface area contributed by atoms with Gasteiger partial charge in [0, 0.05) is 13.5 Å². The van der Waals surface area contributed by atoms with Crippen molar-refractivity contribution in [2.24, 2.45) is 0 Å². The number of imide groups is 1. The second-order valence-electron chi connectivity index (χ2n) is 3.98. The summed E-state index contributed by atoms with van der Waals surface area (Å²) in [6.07, 6.45) is 0.554. The molecule has 1 rings (SSSR count). The van der Waals surface area contributed by atoms with E-state index in [0.29, 0.717) is 17.9 Å². The van der Waals surface area contributed by atoms with Crippen molar-refractivity contribution >= 4 is 29.7 Å². The fraction of sp³-hybridized carbons (Fsp3) is 0.417. The van der Waals surface area contributed by atoms with Crippen LogP contribution >= 0.6 is 11.8 Å². The zero-order valence-corrected chi connectivity index (χ0v) is 12.7. The Hall–Kier alpha value is -2.16. The smallest absolute Gasteiger partial charge is 0.340 e. The van der Waals surface area contributed by atoms with E-state index in [1.165, 1.54) is 7.05 Å². The van der Waals surface area contributed by atoms with Gasteiger partial charge in [-0.1, -0.05) is 18.7 Å². The molecule has 1 aromatic heterocycles. The normalized spacial score (nSPS) is 10.0. The number of amides is 3. The molecule has 0 saturated carbocycles. The first-order valence-electron chi connectivity index (χ1n) is 6.14. The number of hydrogen-bond acceptors (Lipinski definition) is 6. The summed E-state index contributed by atoms with van der Waals surface area (Å²) in [5.41, 5.74) is 0.327. The van der Waals surface area contributed by atoms with Crippen LogP contribution in [0.4, 0.5) is 4.79 Å². The minimum absolute atomic E-state index is 0.0232. The molecule has 0 unspecified atom stereocenters. The van der Waals surface area contributed by atoms with Gasteiger partial charge >= 0.3 is 12.0 Å². The highest BCUT2D eigenvalue weighted by Crippen LogP contribution is 2.22. The van der Waals surface area contributed by atoms with Crippen LogP contribution in [0, 0.1) is 6.92 Å². The van der Waals surface area contributed by atoms with Crippen molar-refractivity contribution in [1.29, 1.82) is 0 Å². The summed E-state index contributed by atoms with van der Waals surface area (Å²) in [6, 6.07) is -0.618. The van der Waals surface area contributed by atoms with Gasteiger partial charge in [0.05, 0.1) is 11.4 Å². The largest absolute Gasteiger partial charge is 0.478 e. The molecule has 0 aliphatic rings. The third-order valence-corrected chi connectivity index (χ3v) is 3.43. The molecule has 0 radical (unpaired) electrons. The molecule has 0 aliphatic heterocycles. The van der Waals surface area contributed by atoms with Crippen molar-refractivity contribution in [2.75, 3.05) is 12.8 Å². The Morgan fingerprint density at radius 2 is 1.95 bits per heavy atom. The molecular formula is C12H16N4O4S. The highest BCUT2D eigenvalue weighted by atomic mass is 32.2. The van der Waals surface area contributed by atoms with Crippen LogP contribution in [0.2, 0.25) is 0 Å². The van der Waals surface area contributed by atoms with Gasteiger partial charge in [-0.05, 0) is 6.92 Å². The first kappa shape index (κ1) is 16.9. The maximum Gasteiger partial charge on any atom is 0.340 e. The number of urea groups is 1. The number of thioether (sulfide) groups is 1. The van der Waals surface area contributed by atoms with Crippen LogP contribution in [-0.4, -0.2) is 45.8 Å². The lowest BCUT2D eigenvalue weighted by atomic mass is 10.2. The number of rotatable bonds is 5. The van der Waals surface area contributed by atoms with E-state index in [4.69, 9.17) is 0 Å². The molecule has 0 bridgehead atoms. The van der Waals surface area contributed by atoms with E-state index in [1.807, 2.05) is 6.92 Å². The van der Waals surface area contributed by atoms with Crippen molar-refractivity contribution in [3.05, 3.63) is 17.1 Å². The van der Waals surface area contributed by atoms with Crippen LogP contribution in [-0.2, 0) is 11.2 Å². The number of carboxylic acids is 1. The van der Waals surface area contributed by atoms with Gasteiger partial charge in [0.15, 0.2) is 0 Å². The summed E-state index contributed by atoms with van der Waals surface area (Å²) in [7, 11) is 1.39. The molecule has 3 N–H and O–H groups in total. The Kier molecular flexibility index (Phi) is 6.10. The van der Waals surface area contributed by atoms with Crippen LogP contribution < -0.4 is 10.6 Å². The van der Waals surface area contributed by atoms with Crippen LogP contribution in [0.5, 0.6) is 0 Å². The van der Waals surface area contributed by atoms with Gasteiger partial charge in [-0.2, -0.15) is 0 Å². The minimum Gasteiger partial charge on any atom is -0.478 e. The number of carboxylic acid groups (broad SMARTS) is 1. The summed E-state index contributed by atoms with van der Waals surface area (Å²) in [5, 5.41) is 13.8. The van der Waals surface area contributed by atoms with E-state index in [0.717, 1.165) is 11.8 Å². The average Bonchev–Trinajstić information content (AvgIpc) is 2.43. The van der Waals surface area contributed by atoms with E-state index in [-0.39, 0.29) is 16.3 Å². The molecule has 9 heteroatoms. The molecule has 1 heterocycles. The number of carbonyl (C=O) groups excluding carboxylic acids is 2. The molecule has 0 fully saturated rings. The van der Waals surface area contributed by atoms with E-state index < -0.39 is 17.9 Å². The topological polar surface area (TPSA) is 121 Å². The molecule has 1 aromatic rings. The summed E-state index contributed by atoms with van der Waals surface area (Å²) < 4.78 is 0. The van der Waals surface area contributed by atoms with Gasteiger partial charge in [0.1, 0.15) is 16.4 Å². The van der Waals surface area contributed by atoms with Crippen molar-refractivity contribution in [3.8, 4) is 0 Å². The van der Waals surface area contributed by atoms with Crippen molar-refractivity contribution < 1.29 is 19.5 Å². The third kappa shape index (κ3) is 4.71. The number of nitrogens with zero attached hydrogens (tertiary/aromatic N) is 2. The zero-order valence-electron chi connectivity index (χ0n) is 11.9. The van der Waals surface area contributed by atoms with Crippen molar-refractivity contribution in [2.45, 2.75) is 25.3 Å². The SMILES string of the molecule is CCc1nc(C)c(C(=O)O)c(SCC(=O)NC(=O)NC)n1. The van der Waals surface area contributed by atoms with Crippen LogP contribution in [0.3, 0.4) is 0 Å². The first-order valence-corrected chi connectivity index (χ1v) is 7.12. The molecule has 114 valence electrons. The summed E-state index contributed by atoms with van der Waals surface area (Å²) in [5.74, 6) is -1.30. The zero-order chi connectivity index (χ0) is 16.0. The maximum absolute atomic E-state index is 11.5. The molecule has 0 atom stereocenters. The molecule has 0 spiro atoms. The highest BCUT2D eigenvalue weighted by Gasteiger charge is 2.19. The lowest BCUT2D eigenvalue weighted by Gasteiger charge is -2.09. The number of carbonyl (C=O) groups is 3. The molecule has 3 amide bonds. The standard InChI is InChI=1S/C12H16N4O4S/c1-4-7-14-6(2)9(11(18)19)10(15-7)21-5-8(17)16-12(20)13-3/h4-5H2,1-3H3,(H,18,19)(H2,13,16,17,20). The lowest BCUT2D eigenvalue weighted by Crippen LogP contribution is -2.38. The number of nitrogens with one attached hydrogen (secondary N) is 2. The van der Waals surface area contributed by atoms with E-state index in [1.54, 1.807) is 6.92 Å². The molecule has 0 aromatic carbocycles. The monoisotopic (exact) mass is 312 g/mol. The summed E-state index contributed by atoms with van der Waals surface area (Å²) >= 11 is 0.956. The van der Waals surface area contributed by atoms with Gasteiger partial charge in [-0.25, -0.2) is 19.6 Å². The summed E-state index contributed by atoms with van der Waals surface area (Å²) in [6.45, 7) is 3.43. The average molecular weight is 312 g/mol. The second kappa shape index (κ2) is 7.58. The number of hydrogen-bond donors (Lipinski definition) is 3. The quantitative estimate of drug-likeness (QED) is 0.537. The molecule has 0 saturated heterocycles. The Morgan fingerprint density at radius 3 is 2.48 bits per heavy atom. The van der Waals surface area contributed by atoms with Gasteiger partial charge in [-0.15, -0.1) is 0 Å². The van der Waals surface area contributed by atoms with Crippen LogP contribution in [0.15, 0.2) is 5.03 Å². The molecule has 21 heavy (non-hydrogen) atoms. The minimum atomic E-state index is -1.15. The van der Waals surface area contributed by atoms with E-state index in [9.17, 15) is 19.5 Å². The van der Waals surface area contributed by atoms with Gasteiger partial charge in [0.2, 0.25) is 5.91 Å². The number of aryl methyl sites for hydroxylation is 2. The fourth-order valence-electron chi connectivity index (χ4n) is 1.47. The molecule has 8 nitrogen and oxygen atoms in total. The first-order chi connectivity index (χ1) is 9.88. The number of aromatic carboxylic acids is 1. The third-order valence-electron chi connectivity index (χ3n) is 2.45. The van der Waals surface area contributed by atoms with Crippen molar-refractivity contribution in [3.63, 3.8) is 0 Å². The predicted octanol–water partition coefficient (Wildman–Crippen LogP) is 0.593. The van der Waals surface area contributed by atoms with Crippen molar-refractivity contribution in [1.82, 2.24) is 20.6 Å². The Balaban J connectivity index is 2.91. The Bertz CT molecular complexity index is 577. The van der Waals surface area contributed by atoms with E-state index >= 15 is 0 Å². The Labute approximate surface area is 125 Å². The highest BCUT2D eigenvalue weighted by molar-refractivity contribution is 8.00. The van der Waals surface area contributed by atoms with Gasteiger partial charge in [-0.3, -0.25) is 10.1 Å². The number of aromatic nitrogens is 2. The second-order valence-corrected chi connectivity index (χ2v) is 4.94. The molecular weight excluding hydrogens is 296 g/mol. The summed E-state index contributed by atoms with van der Waals surface area (Å²) in [4.78, 5) is 42.0. The van der Waals surface area contributed by atoms with Crippen LogP contribution in [0.1, 0.15) is 28.8 Å². The van der Waals surface area contributed by atoms with Crippen LogP contribution in [0.25, 0.3) is 0 Å².